The summed E-state index contributed by atoms with van der Waals surface area (Å²) >= 11 is 0. The minimum Gasteiger partial charge on any atom is -0.330 e. The van der Waals surface area contributed by atoms with Gasteiger partial charge in [0.15, 0.2) is 0 Å². The van der Waals surface area contributed by atoms with E-state index in [0.717, 1.165) is 18.4 Å². The van der Waals surface area contributed by atoms with E-state index in [1.54, 1.807) is 0 Å². The SMILES string of the molecule is C[C@@H](CN)CC1CC1(C)C. The largest absolute Gasteiger partial charge is 0.330 e. The summed E-state index contributed by atoms with van der Waals surface area (Å²) in [4.78, 5) is 0. The average Bonchev–Trinajstić information content (AvgIpc) is 2.40. The Morgan fingerprint density at radius 2 is 2.10 bits per heavy atom. The van der Waals surface area contributed by atoms with Gasteiger partial charge in [0, 0.05) is 0 Å². The van der Waals surface area contributed by atoms with E-state index in [1.165, 1.54) is 12.8 Å². The van der Waals surface area contributed by atoms with Gasteiger partial charge < -0.3 is 5.73 Å². The van der Waals surface area contributed by atoms with Crippen molar-refractivity contribution < 1.29 is 0 Å². The molecule has 0 amide bonds. The van der Waals surface area contributed by atoms with Gasteiger partial charge in [0.2, 0.25) is 0 Å². The molecule has 0 aromatic heterocycles. The quantitative estimate of drug-likeness (QED) is 0.639. The van der Waals surface area contributed by atoms with Crippen LogP contribution in [-0.2, 0) is 0 Å². The molecule has 0 aliphatic heterocycles. The molecule has 1 aliphatic rings. The summed E-state index contributed by atoms with van der Waals surface area (Å²) in [6, 6.07) is 0. The minimum atomic E-state index is 0.642. The minimum absolute atomic E-state index is 0.642. The molecule has 1 heteroatoms. The number of nitrogens with two attached hydrogens (primary N) is 1. The second-order valence-electron chi connectivity index (χ2n) is 4.47. The molecule has 1 rings (SSSR count). The van der Waals surface area contributed by atoms with Crippen LogP contribution in [0.1, 0.15) is 33.6 Å². The molecule has 1 saturated carbocycles. The van der Waals surface area contributed by atoms with Crippen molar-refractivity contribution in [1.82, 2.24) is 0 Å². The molecular weight excluding hydrogens is 122 g/mol. The zero-order valence-corrected chi connectivity index (χ0v) is 7.35. The van der Waals surface area contributed by atoms with Crippen LogP contribution in [0, 0.1) is 17.3 Å². The van der Waals surface area contributed by atoms with Gasteiger partial charge in [0.25, 0.3) is 0 Å². The molecule has 0 bridgehead atoms. The molecule has 2 N–H and O–H groups in total. The van der Waals surface area contributed by atoms with Crippen LogP contribution < -0.4 is 5.73 Å². The van der Waals surface area contributed by atoms with E-state index in [1.807, 2.05) is 0 Å². The maximum Gasteiger partial charge on any atom is -0.00514 e. The molecule has 60 valence electrons. The van der Waals surface area contributed by atoms with Gasteiger partial charge >= 0.3 is 0 Å². The van der Waals surface area contributed by atoms with Crippen LogP contribution >= 0.6 is 0 Å². The van der Waals surface area contributed by atoms with Crippen molar-refractivity contribution in [2.24, 2.45) is 23.0 Å². The molecule has 0 aromatic rings. The molecule has 0 aromatic carbocycles. The summed E-state index contributed by atoms with van der Waals surface area (Å²) in [6.07, 6.45) is 2.75. The molecule has 1 unspecified atom stereocenters. The zero-order chi connectivity index (χ0) is 7.78. The van der Waals surface area contributed by atoms with Crippen molar-refractivity contribution in [2.75, 3.05) is 6.54 Å². The fourth-order valence-corrected chi connectivity index (χ4v) is 1.56. The first-order valence-corrected chi connectivity index (χ1v) is 4.26. The number of rotatable bonds is 3. The van der Waals surface area contributed by atoms with Crippen molar-refractivity contribution in [2.45, 2.75) is 33.6 Å². The fourth-order valence-electron chi connectivity index (χ4n) is 1.56. The van der Waals surface area contributed by atoms with Crippen LogP contribution in [0.15, 0.2) is 0 Å². The van der Waals surface area contributed by atoms with Crippen LogP contribution in [0.25, 0.3) is 0 Å². The monoisotopic (exact) mass is 141 g/mol. The predicted octanol–water partition coefficient (Wildman–Crippen LogP) is 2.02. The third kappa shape index (κ3) is 1.72. The predicted molar refractivity (Wildman–Crippen MR) is 44.7 cm³/mol. The highest BCUT2D eigenvalue weighted by molar-refractivity contribution is 4.95. The maximum absolute atomic E-state index is 5.54. The van der Waals surface area contributed by atoms with E-state index < -0.39 is 0 Å². The van der Waals surface area contributed by atoms with E-state index >= 15 is 0 Å². The Labute approximate surface area is 64.0 Å². The van der Waals surface area contributed by atoms with Crippen molar-refractivity contribution >= 4 is 0 Å². The molecular formula is C9H19N. The van der Waals surface area contributed by atoms with Gasteiger partial charge in [-0.2, -0.15) is 0 Å². The van der Waals surface area contributed by atoms with E-state index in [4.69, 9.17) is 5.73 Å². The summed E-state index contributed by atoms with van der Waals surface area (Å²) < 4.78 is 0. The Hall–Kier alpha value is -0.0400. The maximum atomic E-state index is 5.54. The van der Waals surface area contributed by atoms with Crippen LogP contribution in [0.2, 0.25) is 0 Å². The molecule has 0 saturated heterocycles. The standard InChI is InChI=1S/C9H19N/c1-7(6-10)4-8-5-9(8,2)3/h7-8H,4-6,10H2,1-3H3/t7-,8?/m1/s1. The van der Waals surface area contributed by atoms with Crippen LogP contribution in [0.5, 0.6) is 0 Å². The zero-order valence-electron chi connectivity index (χ0n) is 7.35. The molecule has 0 radical (unpaired) electrons. The third-order valence-electron chi connectivity index (χ3n) is 2.81. The molecule has 10 heavy (non-hydrogen) atoms. The lowest BCUT2D eigenvalue weighted by Crippen LogP contribution is -2.12. The van der Waals surface area contributed by atoms with E-state index in [-0.39, 0.29) is 0 Å². The lowest BCUT2D eigenvalue weighted by atomic mass is 10.00. The van der Waals surface area contributed by atoms with Crippen LogP contribution in [-0.4, -0.2) is 6.54 Å². The second kappa shape index (κ2) is 2.54. The first-order valence-electron chi connectivity index (χ1n) is 4.26. The highest BCUT2D eigenvalue weighted by Crippen LogP contribution is 2.54. The summed E-state index contributed by atoms with van der Waals surface area (Å²) in [5, 5.41) is 0. The fraction of sp³-hybridized carbons (Fsp3) is 1.00. The van der Waals surface area contributed by atoms with E-state index in [2.05, 4.69) is 20.8 Å². The van der Waals surface area contributed by atoms with Gasteiger partial charge in [-0.05, 0) is 36.6 Å². The van der Waals surface area contributed by atoms with Crippen LogP contribution in [0.3, 0.4) is 0 Å². The second-order valence-corrected chi connectivity index (χ2v) is 4.47. The van der Waals surface area contributed by atoms with Gasteiger partial charge in [0.1, 0.15) is 0 Å². The third-order valence-corrected chi connectivity index (χ3v) is 2.81. The Morgan fingerprint density at radius 3 is 2.40 bits per heavy atom. The Morgan fingerprint density at radius 1 is 1.60 bits per heavy atom. The summed E-state index contributed by atoms with van der Waals surface area (Å²) in [5.41, 5.74) is 6.18. The van der Waals surface area contributed by atoms with Crippen molar-refractivity contribution in [3.8, 4) is 0 Å². The van der Waals surface area contributed by atoms with Gasteiger partial charge in [0.05, 0.1) is 0 Å². The normalized spacial score (nSPS) is 31.8. The Balaban J connectivity index is 2.17. The summed E-state index contributed by atoms with van der Waals surface area (Å²) in [6.45, 7) is 7.79. The van der Waals surface area contributed by atoms with Crippen LogP contribution in [0.4, 0.5) is 0 Å². The molecule has 0 spiro atoms. The lowest BCUT2D eigenvalue weighted by molar-refractivity contribution is 0.444. The lowest BCUT2D eigenvalue weighted by Gasteiger charge is -2.08. The first kappa shape index (κ1) is 8.06. The van der Waals surface area contributed by atoms with E-state index in [0.29, 0.717) is 5.41 Å². The molecule has 2 atom stereocenters. The van der Waals surface area contributed by atoms with Crippen molar-refractivity contribution in [3.63, 3.8) is 0 Å². The molecule has 1 nitrogen and oxygen atoms in total. The molecule has 1 aliphatic carbocycles. The van der Waals surface area contributed by atoms with Gasteiger partial charge in [-0.15, -0.1) is 0 Å². The topological polar surface area (TPSA) is 26.0 Å². The summed E-state index contributed by atoms with van der Waals surface area (Å²) in [5.74, 6) is 1.69. The van der Waals surface area contributed by atoms with E-state index in [9.17, 15) is 0 Å². The van der Waals surface area contributed by atoms with Gasteiger partial charge in [-0.1, -0.05) is 20.8 Å². The molecule has 1 fully saturated rings. The Kier molecular flexibility index (Phi) is 2.04. The average molecular weight is 141 g/mol. The smallest absolute Gasteiger partial charge is 0.00514 e. The highest BCUT2D eigenvalue weighted by Gasteiger charge is 2.45. The molecule has 0 heterocycles. The number of hydrogen-bond acceptors (Lipinski definition) is 1. The van der Waals surface area contributed by atoms with Gasteiger partial charge in [-0.3, -0.25) is 0 Å². The van der Waals surface area contributed by atoms with Crippen molar-refractivity contribution in [1.29, 1.82) is 0 Å². The van der Waals surface area contributed by atoms with Gasteiger partial charge in [-0.25, -0.2) is 0 Å². The summed E-state index contributed by atoms with van der Waals surface area (Å²) in [7, 11) is 0. The Bertz CT molecular complexity index is 118. The van der Waals surface area contributed by atoms with Crippen molar-refractivity contribution in [3.05, 3.63) is 0 Å². The first-order chi connectivity index (χ1) is 4.56. The highest BCUT2D eigenvalue weighted by atomic mass is 14.6. The number of hydrogen-bond donors (Lipinski definition) is 1.